The fourth-order valence-corrected chi connectivity index (χ4v) is 6.05. The van der Waals surface area contributed by atoms with E-state index in [1.165, 1.54) is 103 Å². The fourth-order valence-electron chi connectivity index (χ4n) is 5.32. The number of unbranched alkanes of at least 4 members (excludes halogenated alkanes) is 18. The van der Waals surface area contributed by atoms with Gasteiger partial charge in [0, 0.05) is 6.42 Å². The van der Waals surface area contributed by atoms with Crippen LogP contribution < -0.4 is 10.2 Å². The maximum atomic E-state index is 12.8. The molecular weight excluding hydrogens is 635 g/mol. The lowest BCUT2D eigenvalue weighted by Gasteiger charge is -2.29. The van der Waals surface area contributed by atoms with Gasteiger partial charge >= 0.3 is 0 Å². The maximum absolute atomic E-state index is 12.8. The summed E-state index contributed by atoms with van der Waals surface area (Å²) in [6.07, 6.45) is 37.8. The molecule has 2 N–H and O–H groups in total. The first-order valence-electron chi connectivity index (χ1n) is 19.9. The summed E-state index contributed by atoms with van der Waals surface area (Å²) >= 11 is 0. The Kier molecular flexibility index (Phi) is 31.8. The molecule has 9 heteroatoms. The van der Waals surface area contributed by atoms with E-state index in [4.69, 9.17) is 9.05 Å². The molecule has 0 rings (SSSR count). The molecule has 8 nitrogen and oxygen atoms in total. The Morgan fingerprint density at radius 1 is 0.694 bits per heavy atom. The number of hydrogen-bond donors (Lipinski definition) is 2. The zero-order valence-electron chi connectivity index (χ0n) is 32.4. The number of phosphoric acid groups is 1. The summed E-state index contributed by atoms with van der Waals surface area (Å²) in [7, 11) is 1.23. The molecule has 0 aliphatic heterocycles. The smallest absolute Gasteiger partial charge is 0.268 e. The molecule has 3 atom stereocenters. The number of quaternary nitrogens is 1. The molecule has 288 valence electrons. The van der Waals surface area contributed by atoms with Crippen LogP contribution in [-0.2, 0) is 18.4 Å². The topological polar surface area (TPSA) is 108 Å². The number of likely N-dealkylation sites (N-methyl/N-ethyl adjacent to an activating group) is 1. The van der Waals surface area contributed by atoms with E-state index in [2.05, 4.69) is 43.5 Å². The third-order valence-electron chi connectivity index (χ3n) is 8.57. The summed E-state index contributed by atoms with van der Waals surface area (Å²) in [6.45, 7) is 4.52. The predicted octanol–water partition coefficient (Wildman–Crippen LogP) is 9.72. The molecule has 0 heterocycles. The minimum Gasteiger partial charge on any atom is -0.756 e. The third-order valence-corrected chi connectivity index (χ3v) is 9.54. The van der Waals surface area contributed by atoms with Crippen molar-refractivity contribution in [2.45, 2.75) is 174 Å². The molecule has 0 radical (unpaired) electrons. The zero-order valence-corrected chi connectivity index (χ0v) is 33.3. The number of aliphatic hydroxyl groups is 1. The Morgan fingerprint density at radius 3 is 1.71 bits per heavy atom. The van der Waals surface area contributed by atoms with Gasteiger partial charge in [0.2, 0.25) is 5.91 Å². The number of allylic oxidation sites excluding steroid dienone is 5. The first-order valence-corrected chi connectivity index (χ1v) is 21.3. The molecule has 49 heavy (non-hydrogen) atoms. The number of carbonyl (C=O) groups is 1. The van der Waals surface area contributed by atoms with Crippen LogP contribution in [0.3, 0.4) is 0 Å². The van der Waals surface area contributed by atoms with Crippen LogP contribution in [0.5, 0.6) is 0 Å². The summed E-state index contributed by atoms with van der Waals surface area (Å²) in [5.41, 5.74) is 0. The monoisotopic (exact) mass is 713 g/mol. The Morgan fingerprint density at radius 2 is 1.16 bits per heavy atom. The minimum absolute atomic E-state index is 0.00741. The molecule has 0 aromatic heterocycles. The van der Waals surface area contributed by atoms with Crippen molar-refractivity contribution in [3.63, 3.8) is 0 Å². The average Bonchev–Trinajstić information content (AvgIpc) is 3.04. The standard InChI is InChI=1S/C40H77N2O6P/c1-6-8-10-12-14-16-17-18-19-20-21-22-23-24-25-26-28-30-32-34-40(44)41-38(37-48-49(45,46)47-36-35-42(3,4)5)39(43)33-31-29-27-15-13-11-9-7-2/h13,15,18-19,31,33,38-39,43H,6-12,14,16-17,20-30,32,34-37H2,1-5H3,(H-,41,44,45,46)/b15-13+,19-18-,33-31+. The van der Waals surface area contributed by atoms with Gasteiger partial charge in [-0.25, -0.2) is 0 Å². The van der Waals surface area contributed by atoms with Crippen molar-refractivity contribution in [2.75, 3.05) is 40.9 Å². The molecular formula is C40H77N2O6P. The Labute approximate surface area is 302 Å². The second-order valence-electron chi connectivity index (χ2n) is 14.6. The van der Waals surface area contributed by atoms with Crippen LogP contribution in [0.1, 0.15) is 162 Å². The van der Waals surface area contributed by atoms with Crippen molar-refractivity contribution in [1.29, 1.82) is 0 Å². The van der Waals surface area contributed by atoms with Gasteiger partial charge in [0.15, 0.2) is 0 Å². The van der Waals surface area contributed by atoms with Crippen molar-refractivity contribution in [2.24, 2.45) is 0 Å². The number of phosphoric ester groups is 1. The fraction of sp³-hybridized carbons (Fsp3) is 0.825. The predicted molar refractivity (Wildman–Crippen MR) is 205 cm³/mol. The van der Waals surface area contributed by atoms with Crippen LogP contribution in [0, 0.1) is 0 Å². The maximum Gasteiger partial charge on any atom is 0.268 e. The van der Waals surface area contributed by atoms with E-state index in [0.717, 1.165) is 38.5 Å². The van der Waals surface area contributed by atoms with E-state index in [1.807, 2.05) is 27.2 Å². The Hall–Kier alpha value is -1.28. The SMILES string of the molecule is CCCC/C=C/CC/C=C/C(O)C(COP(=O)([O-])OCC[N+](C)(C)C)NC(=O)CCCCCCCCCCC/C=C\CCCCCCCC. The summed E-state index contributed by atoms with van der Waals surface area (Å²) < 4.78 is 23.0. The van der Waals surface area contributed by atoms with Gasteiger partial charge in [-0.1, -0.05) is 140 Å². The van der Waals surface area contributed by atoms with Crippen molar-refractivity contribution in [3.8, 4) is 0 Å². The van der Waals surface area contributed by atoms with Gasteiger partial charge in [-0.3, -0.25) is 9.36 Å². The highest BCUT2D eigenvalue weighted by atomic mass is 31.2. The molecule has 0 fully saturated rings. The quantitative estimate of drug-likeness (QED) is 0.0293. The lowest BCUT2D eigenvalue weighted by atomic mass is 10.0. The molecule has 0 aromatic rings. The van der Waals surface area contributed by atoms with E-state index in [-0.39, 0.29) is 12.5 Å². The molecule has 1 amide bonds. The van der Waals surface area contributed by atoms with Gasteiger partial charge in [0.1, 0.15) is 13.2 Å². The van der Waals surface area contributed by atoms with Gasteiger partial charge < -0.3 is 28.8 Å². The molecule has 0 aliphatic rings. The summed E-state index contributed by atoms with van der Waals surface area (Å²) in [5.74, 6) is -0.215. The van der Waals surface area contributed by atoms with Crippen LogP contribution in [0.15, 0.2) is 36.5 Å². The van der Waals surface area contributed by atoms with Gasteiger partial charge in [0.05, 0.1) is 39.9 Å². The number of amides is 1. The first kappa shape index (κ1) is 47.7. The second kappa shape index (κ2) is 32.6. The molecule has 0 bridgehead atoms. The van der Waals surface area contributed by atoms with Crippen molar-refractivity contribution < 1.29 is 32.9 Å². The highest BCUT2D eigenvalue weighted by Crippen LogP contribution is 2.38. The van der Waals surface area contributed by atoms with Gasteiger partial charge in [0.25, 0.3) is 7.82 Å². The lowest BCUT2D eigenvalue weighted by Crippen LogP contribution is -2.45. The van der Waals surface area contributed by atoms with Crippen LogP contribution in [0.2, 0.25) is 0 Å². The van der Waals surface area contributed by atoms with E-state index >= 15 is 0 Å². The van der Waals surface area contributed by atoms with Gasteiger partial charge in [-0.2, -0.15) is 0 Å². The summed E-state index contributed by atoms with van der Waals surface area (Å²) in [4.78, 5) is 25.1. The lowest BCUT2D eigenvalue weighted by molar-refractivity contribution is -0.870. The van der Waals surface area contributed by atoms with E-state index in [9.17, 15) is 19.4 Å². The molecule has 0 aliphatic carbocycles. The molecule has 0 saturated heterocycles. The largest absolute Gasteiger partial charge is 0.756 e. The van der Waals surface area contributed by atoms with E-state index < -0.39 is 26.6 Å². The number of aliphatic hydroxyl groups excluding tert-OH is 1. The molecule has 0 spiro atoms. The second-order valence-corrected chi connectivity index (χ2v) is 16.0. The molecule has 0 aromatic carbocycles. The third kappa shape index (κ3) is 34.9. The van der Waals surface area contributed by atoms with Crippen LogP contribution in [0.4, 0.5) is 0 Å². The zero-order chi connectivity index (χ0) is 36.5. The molecule has 0 saturated carbocycles. The van der Waals surface area contributed by atoms with E-state index in [1.54, 1.807) is 6.08 Å². The number of hydrogen-bond acceptors (Lipinski definition) is 6. The molecule has 3 unspecified atom stereocenters. The van der Waals surface area contributed by atoms with Crippen molar-refractivity contribution >= 4 is 13.7 Å². The Balaban J connectivity index is 4.34. The Bertz CT molecular complexity index is 902. The first-order chi connectivity index (χ1) is 23.5. The number of carbonyl (C=O) groups excluding carboxylic acids is 1. The van der Waals surface area contributed by atoms with Crippen LogP contribution >= 0.6 is 7.82 Å². The van der Waals surface area contributed by atoms with Crippen LogP contribution in [-0.4, -0.2) is 68.5 Å². The highest BCUT2D eigenvalue weighted by Gasteiger charge is 2.23. The van der Waals surface area contributed by atoms with Gasteiger partial charge in [-0.15, -0.1) is 0 Å². The minimum atomic E-state index is -4.58. The van der Waals surface area contributed by atoms with E-state index in [0.29, 0.717) is 17.4 Å². The van der Waals surface area contributed by atoms with Crippen molar-refractivity contribution in [3.05, 3.63) is 36.5 Å². The number of nitrogens with zero attached hydrogens (tertiary/aromatic N) is 1. The number of nitrogens with one attached hydrogen (secondary N) is 1. The highest BCUT2D eigenvalue weighted by molar-refractivity contribution is 7.45. The van der Waals surface area contributed by atoms with Crippen LogP contribution in [0.25, 0.3) is 0 Å². The summed E-state index contributed by atoms with van der Waals surface area (Å²) in [5, 5.41) is 13.6. The average molecular weight is 713 g/mol. The number of rotatable bonds is 35. The summed E-state index contributed by atoms with van der Waals surface area (Å²) in [6, 6.07) is -0.899. The van der Waals surface area contributed by atoms with Gasteiger partial charge in [-0.05, 0) is 51.4 Å². The van der Waals surface area contributed by atoms with Crippen molar-refractivity contribution in [1.82, 2.24) is 5.32 Å². The normalized spacial score (nSPS) is 15.0.